The molecule has 3 N–H and O–H groups in total. The molecule has 1 amide bonds. The zero-order valence-electron chi connectivity index (χ0n) is 7.66. The number of nitrogens with one attached hydrogen (secondary N) is 1. The van der Waals surface area contributed by atoms with Crippen LogP contribution in [0.4, 0.5) is 0 Å². The zero-order valence-corrected chi connectivity index (χ0v) is 9.23. The number of halogens is 2. The average Bonchev–Trinajstić information content (AvgIpc) is 2.15. The Kier molecular flexibility index (Phi) is 5.53. The van der Waals surface area contributed by atoms with E-state index in [9.17, 15) is 4.79 Å². The SMILES string of the molecule is CNC(=O)C(N)c1cccc(Cl)c1.Cl. The monoisotopic (exact) mass is 234 g/mol. The second-order valence-electron chi connectivity index (χ2n) is 2.65. The van der Waals surface area contributed by atoms with Crippen LogP contribution in [-0.2, 0) is 4.79 Å². The molecule has 0 aliphatic rings. The molecule has 1 rings (SSSR count). The molecule has 0 bridgehead atoms. The largest absolute Gasteiger partial charge is 0.358 e. The molecule has 0 aliphatic carbocycles. The Morgan fingerprint density at radius 2 is 2.21 bits per heavy atom. The number of hydrogen-bond donors (Lipinski definition) is 2. The van der Waals surface area contributed by atoms with Gasteiger partial charge >= 0.3 is 0 Å². The summed E-state index contributed by atoms with van der Waals surface area (Å²) in [7, 11) is 1.55. The van der Waals surface area contributed by atoms with Crippen molar-refractivity contribution in [2.75, 3.05) is 7.05 Å². The van der Waals surface area contributed by atoms with Gasteiger partial charge in [0.15, 0.2) is 0 Å². The van der Waals surface area contributed by atoms with Gasteiger partial charge in [-0.05, 0) is 17.7 Å². The third-order valence-electron chi connectivity index (χ3n) is 1.74. The highest BCUT2D eigenvalue weighted by Gasteiger charge is 2.13. The first-order chi connectivity index (χ1) is 6.15. The van der Waals surface area contributed by atoms with E-state index in [1.54, 1.807) is 31.3 Å². The molecule has 5 heteroatoms. The van der Waals surface area contributed by atoms with Gasteiger partial charge in [0.25, 0.3) is 0 Å². The highest BCUT2D eigenvalue weighted by atomic mass is 35.5. The summed E-state index contributed by atoms with van der Waals surface area (Å²) in [4.78, 5) is 11.1. The van der Waals surface area contributed by atoms with E-state index >= 15 is 0 Å². The predicted octanol–water partition coefficient (Wildman–Crippen LogP) is 1.51. The van der Waals surface area contributed by atoms with Crippen molar-refractivity contribution < 1.29 is 4.79 Å². The van der Waals surface area contributed by atoms with Gasteiger partial charge in [0.1, 0.15) is 6.04 Å². The summed E-state index contributed by atoms with van der Waals surface area (Å²) in [5.74, 6) is -0.220. The molecule has 1 unspecified atom stereocenters. The fourth-order valence-corrected chi connectivity index (χ4v) is 1.21. The molecule has 0 saturated heterocycles. The minimum Gasteiger partial charge on any atom is -0.358 e. The molecular formula is C9H12Cl2N2O. The summed E-state index contributed by atoms with van der Waals surface area (Å²) in [6.45, 7) is 0. The molecule has 1 atom stereocenters. The normalized spacial score (nSPS) is 11.4. The minimum atomic E-state index is -0.649. The summed E-state index contributed by atoms with van der Waals surface area (Å²) in [5, 5.41) is 3.06. The summed E-state index contributed by atoms with van der Waals surface area (Å²) in [6, 6.07) is 6.30. The third-order valence-corrected chi connectivity index (χ3v) is 1.97. The number of benzene rings is 1. The predicted molar refractivity (Wildman–Crippen MR) is 59.7 cm³/mol. The molecule has 0 aromatic heterocycles. The van der Waals surface area contributed by atoms with Crippen LogP contribution >= 0.6 is 24.0 Å². The minimum absolute atomic E-state index is 0. The average molecular weight is 235 g/mol. The maximum atomic E-state index is 11.1. The molecule has 78 valence electrons. The Morgan fingerprint density at radius 1 is 1.57 bits per heavy atom. The third kappa shape index (κ3) is 3.18. The van der Waals surface area contributed by atoms with Gasteiger partial charge < -0.3 is 11.1 Å². The molecular weight excluding hydrogens is 223 g/mol. The summed E-state index contributed by atoms with van der Waals surface area (Å²) >= 11 is 5.75. The van der Waals surface area contributed by atoms with Gasteiger partial charge in [-0.25, -0.2) is 0 Å². The van der Waals surface area contributed by atoms with E-state index in [0.29, 0.717) is 10.6 Å². The highest BCUT2D eigenvalue weighted by molar-refractivity contribution is 6.30. The highest BCUT2D eigenvalue weighted by Crippen LogP contribution is 2.15. The Balaban J connectivity index is 0.00000169. The van der Waals surface area contributed by atoms with Gasteiger partial charge in [-0.1, -0.05) is 23.7 Å². The maximum Gasteiger partial charge on any atom is 0.241 e. The Morgan fingerprint density at radius 3 is 2.71 bits per heavy atom. The van der Waals surface area contributed by atoms with E-state index in [2.05, 4.69) is 5.32 Å². The fraction of sp³-hybridized carbons (Fsp3) is 0.222. The van der Waals surface area contributed by atoms with Crippen molar-refractivity contribution in [3.05, 3.63) is 34.9 Å². The number of nitrogens with two attached hydrogens (primary N) is 1. The fourth-order valence-electron chi connectivity index (χ4n) is 1.01. The van der Waals surface area contributed by atoms with Crippen LogP contribution in [0.25, 0.3) is 0 Å². The van der Waals surface area contributed by atoms with E-state index in [-0.39, 0.29) is 18.3 Å². The summed E-state index contributed by atoms with van der Waals surface area (Å²) < 4.78 is 0. The number of carbonyl (C=O) groups excluding carboxylic acids is 1. The van der Waals surface area contributed by atoms with Crippen molar-refractivity contribution in [1.82, 2.24) is 5.32 Å². The number of likely N-dealkylation sites (N-methyl/N-ethyl adjacent to an activating group) is 1. The van der Waals surface area contributed by atoms with Crippen molar-refractivity contribution in [3.63, 3.8) is 0 Å². The molecule has 1 aromatic carbocycles. The molecule has 0 fully saturated rings. The van der Waals surface area contributed by atoms with Crippen LogP contribution in [0.5, 0.6) is 0 Å². The Bertz CT molecular complexity index is 317. The van der Waals surface area contributed by atoms with Crippen molar-refractivity contribution in [3.8, 4) is 0 Å². The van der Waals surface area contributed by atoms with Gasteiger partial charge in [-0.3, -0.25) is 4.79 Å². The molecule has 0 saturated carbocycles. The lowest BCUT2D eigenvalue weighted by Crippen LogP contribution is -2.31. The first kappa shape index (κ1) is 13.2. The quantitative estimate of drug-likeness (QED) is 0.816. The molecule has 0 radical (unpaired) electrons. The van der Waals surface area contributed by atoms with Crippen molar-refractivity contribution in [2.45, 2.75) is 6.04 Å². The number of carbonyl (C=O) groups is 1. The van der Waals surface area contributed by atoms with Crippen LogP contribution in [0.3, 0.4) is 0 Å². The van der Waals surface area contributed by atoms with Crippen LogP contribution in [0.15, 0.2) is 24.3 Å². The van der Waals surface area contributed by atoms with E-state index < -0.39 is 6.04 Å². The van der Waals surface area contributed by atoms with Gasteiger partial charge in [0.2, 0.25) is 5.91 Å². The smallest absolute Gasteiger partial charge is 0.241 e. The van der Waals surface area contributed by atoms with Gasteiger partial charge in [0.05, 0.1) is 0 Å². The van der Waals surface area contributed by atoms with Crippen LogP contribution in [0.1, 0.15) is 11.6 Å². The molecule has 3 nitrogen and oxygen atoms in total. The van der Waals surface area contributed by atoms with Crippen molar-refractivity contribution >= 4 is 29.9 Å². The standard InChI is InChI=1S/C9H11ClN2O.ClH/c1-12-9(13)8(11)6-3-2-4-7(10)5-6;/h2-5,8H,11H2,1H3,(H,12,13);1H. The van der Waals surface area contributed by atoms with Crippen LogP contribution in [0, 0.1) is 0 Å². The molecule has 0 aliphatic heterocycles. The molecule has 0 heterocycles. The summed E-state index contributed by atoms with van der Waals surface area (Å²) in [5.41, 5.74) is 6.36. The summed E-state index contributed by atoms with van der Waals surface area (Å²) in [6.07, 6.45) is 0. The second kappa shape index (κ2) is 5.86. The first-order valence-electron chi connectivity index (χ1n) is 3.88. The van der Waals surface area contributed by atoms with E-state index in [4.69, 9.17) is 17.3 Å². The van der Waals surface area contributed by atoms with E-state index in [0.717, 1.165) is 0 Å². The Labute approximate surface area is 94.0 Å². The topological polar surface area (TPSA) is 55.1 Å². The van der Waals surface area contributed by atoms with Crippen LogP contribution < -0.4 is 11.1 Å². The first-order valence-corrected chi connectivity index (χ1v) is 4.25. The Hall–Kier alpha value is -0.770. The number of hydrogen-bond acceptors (Lipinski definition) is 2. The lowest BCUT2D eigenvalue weighted by molar-refractivity contribution is -0.121. The van der Waals surface area contributed by atoms with Gasteiger partial charge in [-0.15, -0.1) is 12.4 Å². The molecule has 0 spiro atoms. The van der Waals surface area contributed by atoms with Gasteiger partial charge in [-0.2, -0.15) is 0 Å². The second-order valence-corrected chi connectivity index (χ2v) is 3.08. The van der Waals surface area contributed by atoms with E-state index in [1.165, 1.54) is 0 Å². The van der Waals surface area contributed by atoms with Crippen molar-refractivity contribution in [2.24, 2.45) is 5.73 Å². The maximum absolute atomic E-state index is 11.1. The van der Waals surface area contributed by atoms with Gasteiger partial charge in [0, 0.05) is 12.1 Å². The molecule has 1 aromatic rings. The lowest BCUT2D eigenvalue weighted by atomic mass is 10.1. The van der Waals surface area contributed by atoms with E-state index in [1.807, 2.05) is 0 Å². The molecule has 14 heavy (non-hydrogen) atoms. The zero-order chi connectivity index (χ0) is 9.84. The van der Waals surface area contributed by atoms with Crippen LogP contribution in [0.2, 0.25) is 5.02 Å². The lowest BCUT2D eigenvalue weighted by Gasteiger charge is -2.09. The number of amides is 1. The number of rotatable bonds is 2. The van der Waals surface area contributed by atoms with Crippen molar-refractivity contribution in [1.29, 1.82) is 0 Å². The van der Waals surface area contributed by atoms with Crippen LogP contribution in [-0.4, -0.2) is 13.0 Å².